The fraction of sp³-hybridized carbons (Fsp3) is 0.370. The first-order chi connectivity index (χ1) is 16.8. The van der Waals surface area contributed by atoms with Gasteiger partial charge < -0.3 is 19.3 Å². The summed E-state index contributed by atoms with van der Waals surface area (Å²) in [5.74, 6) is 0.772. The number of ether oxygens (including phenoxy) is 1. The second-order valence-corrected chi connectivity index (χ2v) is 9.47. The first-order valence-electron chi connectivity index (χ1n) is 11.6. The van der Waals surface area contributed by atoms with Gasteiger partial charge in [-0.15, -0.1) is 0 Å². The number of aryl methyl sites for hydroxylation is 1. The maximum atomic E-state index is 13.5. The van der Waals surface area contributed by atoms with E-state index in [0.717, 1.165) is 16.9 Å². The summed E-state index contributed by atoms with van der Waals surface area (Å²) in [7, 11) is 1.62. The molecule has 0 unspecified atom stereocenters. The highest BCUT2D eigenvalue weighted by molar-refractivity contribution is 6.30. The molecule has 1 aliphatic rings. The van der Waals surface area contributed by atoms with Gasteiger partial charge in [0.1, 0.15) is 11.5 Å². The lowest BCUT2D eigenvalue weighted by atomic mass is 9.86. The molecular weight excluding hydrogens is 468 g/mol. The fourth-order valence-electron chi connectivity index (χ4n) is 4.61. The standard InChI is InChI=1S/C27H29ClN2O5/c1-17-11-24(35-29-17)15-27(33)30-16-22(31)14-25(30)26(32)13-20(19-5-7-21(28)8-6-19)12-18-3-9-23(34-2)10-4-18/h3-11,20,22,25,31H,12-16H2,1-2H3/t20-,22-,25+/m1/s1. The van der Waals surface area contributed by atoms with Crippen molar-refractivity contribution in [2.45, 2.75) is 50.7 Å². The second kappa shape index (κ2) is 11.1. The van der Waals surface area contributed by atoms with E-state index >= 15 is 0 Å². The van der Waals surface area contributed by atoms with Crippen molar-refractivity contribution in [3.63, 3.8) is 0 Å². The number of halogens is 1. The summed E-state index contributed by atoms with van der Waals surface area (Å²) in [5, 5.41) is 14.7. The molecule has 0 radical (unpaired) electrons. The van der Waals surface area contributed by atoms with Crippen molar-refractivity contribution < 1.29 is 24.0 Å². The van der Waals surface area contributed by atoms with Gasteiger partial charge in [-0.1, -0.05) is 41.0 Å². The largest absolute Gasteiger partial charge is 0.497 e. The van der Waals surface area contributed by atoms with Crippen molar-refractivity contribution in [2.24, 2.45) is 0 Å². The van der Waals surface area contributed by atoms with Gasteiger partial charge in [0.15, 0.2) is 5.78 Å². The van der Waals surface area contributed by atoms with Crippen LogP contribution in [0.5, 0.6) is 5.75 Å². The van der Waals surface area contributed by atoms with Crippen LogP contribution in [0, 0.1) is 6.92 Å². The molecule has 7 nitrogen and oxygen atoms in total. The Labute approximate surface area is 209 Å². The van der Waals surface area contributed by atoms with Crippen LogP contribution in [0.2, 0.25) is 5.02 Å². The first-order valence-corrected chi connectivity index (χ1v) is 12.0. The molecule has 3 atom stereocenters. The summed E-state index contributed by atoms with van der Waals surface area (Å²) in [6, 6.07) is 16.3. The highest BCUT2D eigenvalue weighted by Gasteiger charge is 2.39. The molecule has 0 saturated carbocycles. The van der Waals surface area contributed by atoms with Crippen LogP contribution in [-0.2, 0) is 22.4 Å². The highest BCUT2D eigenvalue weighted by atomic mass is 35.5. The molecule has 2 heterocycles. The SMILES string of the molecule is COc1ccc(C[C@H](CC(=O)[C@@H]2C[C@@H](O)CN2C(=O)Cc2cc(C)no2)c2ccc(Cl)cc2)cc1. The van der Waals surface area contributed by atoms with E-state index in [9.17, 15) is 14.7 Å². The maximum absolute atomic E-state index is 13.5. The smallest absolute Gasteiger partial charge is 0.231 e. The Kier molecular flexibility index (Phi) is 7.88. The van der Waals surface area contributed by atoms with Gasteiger partial charge in [-0.25, -0.2) is 0 Å². The third-order valence-corrected chi connectivity index (χ3v) is 6.66. The van der Waals surface area contributed by atoms with Crippen molar-refractivity contribution in [3.8, 4) is 5.75 Å². The molecule has 3 aromatic rings. The number of carbonyl (C=O) groups excluding carboxylic acids is 2. The number of likely N-dealkylation sites (tertiary alicyclic amines) is 1. The van der Waals surface area contributed by atoms with Crippen LogP contribution in [-0.4, -0.2) is 52.7 Å². The highest BCUT2D eigenvalue weighted by Crippen LogP contribution is 2.30. The molecule has 1 aliphatic heterocycles. The number of aliphatic hydroxyl groups is 1. The zero-order valence-corrected chi connectivity index (χ0v) is 20.6. The third kappa shape index (κ3) is 6.29. The van der Waals surface area contributed by atoms with Crippen molar-refractivity contribution in [3.05, 3.63) is 82.2 Å². The van der Waals surface area contributed by atoms with Gasteiger partial charge >= 0.3 is 0 Å². The summed E-state index contributed by atoms with van der Waals surface area (Å²) < 4.78 is 10.4. The lowest BCUT2D eigenvalue weighted by Gasteiger charge is -2.25. The summed E-state index contributed by atoms with van der Waals surface area (Å²) in [6.07, 6.45) is 0.369. The summed E-state index contributed by atoms with van der Waals surface area (Å²) in [4.78, 5) is 28.0. The van der Waals surface area contributed by atoms with Gasteiger partial charge in [-0.2, -0.15) is 0 Å². The number of β-amino-alcohol motifs (C(OH)–C–C–N with tert-alkyl or cyclic N) is 1. The maximum Gasteiger partial charge on any atom is 0.231 e. The molecule has 1 amide bonds. The average molecular weight is 497 g/mol. The van der Waals surface area contributed by atoms with Crippen molar-refractivity contribution >= 4 is 23.3 Å². The topological polar surface area (TPSA) is 92.9 Å². The molecule has 35 heavy (non-hydrogen) atoms. The monoisotopic (exact) mass is 496 g/mol. The summed E-state index contributed by atoms with van der Waals surface area (Å²) in [6.45, 7) is 1.91. The van der Waals surface area contributed by atoms with E-state index in [4.69, 9.17) is 20.9 Å². The Morgan fingerprint density at radius 1 is 1.20 bits per heavy atom. The quantitative estimate of drug-likeness (QED) is 0.478. The number of carbonyl (C=O) groups is 2. The molecule has 0 bridgehead atoms. The number of aromatic nitrogens is 1. The number of methoxy groups -OCH3 is 1. The van der Waals surface area contributed by atoms with Crippen LogP contribution < -0.4 is 4.74 Å². The number of hydrogen-bond acceptors (Lipinski definition) is 6. The van der Waals surface area contributed by atoms with Gasteiger partial charge in [0.2, 0.25) is 5.91 Å². The average Bonchev–Trinajstić information content (AvgIpc) is 3.44. The van der Waals surface area contributed by atoms with Gasteiger partial charge in [0.05, 0.1) is 31.4 Å². The second-order valence-electron chi connectivity index (χ2n) is 9.03. The number of ketones is 1. The Morgan fingerprint density at radius 2 is 1.91 bits per heavy atom. The molecule has 184 valence electrons. The molecule has 8 heteroatoms. The van der Waals surface area contributed by atoms with Crippen LogP contribution in [0.1, 0.15) is 41.3 Å². The molecular formula is C27H29ClN2O5. The third-order valence-electron chi connectivity index (χ3n) is 6.40. The van der Waals surface area contributed by atoms with Crippen LogP contribution in [0.25, 0.3) is 0 Å². The molecule has 1 aromatic heterocycles. The van der Waals surface area contributed by atoms with Gasteiger partial charge in [0, 0.05) is 30.5 Å². The lowest BCUT2D eigenvalue weighted by molar-refractivity contribution is -0.137. The minimum absolute atomic E-state index is 0.00377. The van der Waals surface area contributed by atoms with Gasteiger partial charge in [-0.3, -0.25) is 9.59 Å². The Balaban J connectivity index is 1.51. The fourth-order valence-corrected chi connectivity index (χ4v) is 4.74. The van der Waals surface area contributed by atoms with E-state index in [1.807, 2.05) is 48.5 Å². The molecule has 1 N–H and O–H groups in total. The van der Waals surface area contributed by atoms with Gasteiger partial charge in [0.25, 0.3) is 0 Å². The molecule has 1 saturated heterocycles. The number of nitrogens with zero attached hydrogens (tertiary/aromatic N) is 2. The van der Waals surface area contributed by atoms with Crippen LogP contribution >= 0.6 is 11.6 Å². The summed E-state index contributed by atoms with van der Waals surface area (Å²) >= 11 is 6.09. The summed E-state index contributed by atoms with van der Waals surface area (Å²) in [5.41, 5.74) is 2.75. The van der Waals surface area contributed by atoms with E-state index < -0.39 is 12.1 Å². The Bertz CT molecular complexity index is 1160. The van der Waals surface area contributed by atoms with E-state index in [0.29, 0.717) is 22.9 Å². The molecule has 4 rings (SSSR count). The Morgan fingerprint density at radius 3 is 2.54 bits per heavy atom. The van der Waals surface area contributed by atoms with Crippen molar-refractivity contribution in [2.75, 3.05) is 13.7 Å². The predicted octanol–water partition coefficient (Wildman–Crippen LogP) is 4.14. The zero-order chi connectivity index (χ0) is 24.9. The number of aliphatic hydroxyl groups excluding tert-OH is 1. The van der Waals surface area contributed by atoms with E-state index in [2.05, 4.69) is 5.16 Å². The number of rotatable bonds is 9. The molecule has 0 aliphatic carbocycles. The van der Waals surface area contributed by atoms with E-state index in [-0.39, 0.29) is 43.4 Å². The van der Waals surface area contributed by atoms with Crippen molar-refractivity contribution in [1.29, 1.82) is 0 Å². The van der Waals surface area contributed by atoms with Crippen LogP contribution in [0.3, 0.4) is 0 Å². The normalized spacial score (nSPS) is 18.5. The van der Waals surface area contributed by atoms with E-state index in [1.54, 1.807) is 20.1 Å². The molecule has 0 spiro atoms. The zero-order valence-electron chi connectivity index (χ0n) is 19.8. The van der Waals surface area contributed by atoms with E-state index in [1.165, 1.54) is 4.90 Å². The van der Waals surface area contributed by atoms with Crippen LogP contribution in [0.4, 0.5) is 0 Å². The number of benzene rings is 2. The molecule has 2 aromatic carbocycles. The van der Waals surface area contributed by atoms with Crippen LogP contribution in [0.15, 0.2) is 59.1 Å². The Hall–Kier alpha value is -3.16. The number of hydrogen-bond donors (Lipinski definition) is 1. The predicted molar refractivity (Wildman–Crippen MR) is 132 cm³/mol. The minimum Gasteiger partial charge on any atom is -0.497 e. The number of amides is 1. The van der Waals surface area contributed by atoms with Gasteiger partial charge in [-0.05, 0) is 54.7 Å². The number of Topliss-reactive ketones (excluding diaryl/α,β-unsaturated/α-hetero) is 1. The minimum atomic E-state index is -0.736. The van der Waals surface area contributed by atoms with Crippen molar-refractivity contribution in [1.82, 2.24) is 10.1 Å². The lowest BCUT2D eigenvalue weighted by Crippen LogP contribution is -2.42. The molecule has 1 fully saturated rings. The first kappa shape index (κ1) is 24.9.